The van der Waals surface area contributed by atoms with Crippen molar-refractivity contribution < 1.29 is 14.3 Å². The molecule has 2 fully saturated rings. The number of hydrogen-bond acceptors (Lipinski definition) is 5. The normalized spacial score (nSPS) is 24.9. The number of aromatic nitrogens is 2. The maximum atomic E-state index is 12.4. The van der Waals surface area contributed by atoms with Crippen LogP contribution in [-0.4, -0.2) is 64.6 Å². The van der Waals surface area contributed by atoms with Gasteiger partial charge >= 0.3 is 0 Å². The van der Waals surface area contributed by atoms with Gasteiger partial charge in [0.2, 0.25) is 17.7 Å². The molecular formula is C15H20N4O3. The number of hydrogen-bond donors (Lipinski definition) is 0. The minimum Gasteiger partial charge on any atom is -0.471 e. The third-order valence-electron chi connectivity index (χ3n) is 4.21. The first kappa shape index (κ1) is 14.7. The van der Waals surface area contributed by atoms with Crippen LogP contribution >= 0.6 is 0 Å². The van der Waals surface area contributed by atoms with Crippen molar-refractivity contribution >= 4 is 11.8 Å². The lowest BCUT2D eigenvalue weighted by Gasteiger charge is -2.20. The van der Waals surface area contributed by atoms with Crippen LogP contribution in [-0.2, 0) is 9.59 Å². The largest absolute Gasteiger partial charge is 0.471 e. The van der Waals surface area contributed by atoms with Gasteiger partial charge in [-0.05, 0) is 13.0 Å². The van der Waals surface area contributed by atoms with Gasteiger partial charge in [0.15, 0.2) is 0 Å². The highest BCUT2D eigenvalue weighted by Gasteiger charge is 2.37. The number of aryl methyl sites for hydroxylation is 1. The molecule has 2 atom stereocenters. The Balaban J connectivity index is 1.54. The third-order valence-corrected chi connectivity index (χ3v) is 4.21. The number of carbonyl (C=O) groups is 2. The summed E-state index contributed by atoms with van der Waals surface area (Å²) in [5.41, 5.74) is 0.839. The van der Waals surface area contributed by atoms with E-state index in [0.717, 1.165) is 12.1 Å². The van der Waals surface area contributed by atoms with Gasteiger partial charge < -0.3 is 14.5 Å². The Hall–Kier alpha value is -2.18. The smallest absolute Gasteiger partial charge is 0.233 e. The van der Waals surface area contributed by atoms with Crippen molar-refractivity contribution in [3.8, 4) is 5.88 Å². The zero-order chi connectivity index (χ0) is 15.7. The van der Waals surface area contributed by atoms with Crippen LogP contribution in [0.1, 0.15) is 18.5 Å². The molecule has 0 aromatic carbocycles. The van der Waals surface area contributed by atoms with Gasteiger partial charge in [-0.25, -0.2) is 0 Å². The van der Waals surface area contributed by atoms with Crippen molar-refractivity contribution in [2.45, 2.75) is 25.9 Å². The average Bonchev–Trinajstić information content (AvgIpc) is 3.08. The van der Waals surface area contributed by atoms with Crippen molar-refractivity contribution in [1.82, 2.24) is 20.0 Å². The van der Waals surface area contributed by atoms with Gasteiger partial charge in [-0.15, -0.1) is 5.10 Å². The second-order valence-electron chi connectivity index (χ2n) is 6.00. The van der Waals surface area contributed by atoms with Gasteiger partial charge in [0.1, 0.15) is 6.10 Å². The summed E-state index contributed by atoms with van der Waals surface area (Å²) in [5, 5.41) is 7.94. The quantitative estimate of drug-likeness (QED) is 0.800. The summed E-state index contributed by atoms with van der Waals surface area (Å²) in [6, 6.07) is 3.64. The van der Waals surface area contributed by atoms with Crippen LogP contribution in [0.4, 0.5) is 0 Å². The Bertz CT molecular complexity index is 575. The number of amides is 2. The Morgan fingerprint density at radius 1 is 1.32 bits per heavy atom. The molecule has 2 aliphatic rings. The Kier molecular flexibility index (Phi) is 3.96. The van der Waals surface area contributed by atoms with Crippen LogP contribution < -0.4 is 4.74 Å². The second kappa shape index (κ2) is 5.90. The summed E-state index contributed by atoms with van der Waals surface area (Å²) in [5.74, 6) is 0.371. The summed E-state index contributed by atoms with van der Waals surface area (Å²) in [6.07, 6.45) is 1.04. The molecule has 2 amide bonds. The van der Waals surface area contributed by atoms with E-state index in [2.05, 4.69) is 10.2 Å². The van der Waals surface area contributed by atoms with Gasteiger partial charge in [-0.2, -0.15) is 5.10 Å². The number of likely N-dealkylation sites (tertiary alicyclic amines) is 2. The fourth-order valence-electron chi connectivity index (χ4n) is 2.93. The van der Waals surface area contributed by atoms with E-state index >= 15 is 0 Å². The average molecular weight is 304 g/mol. The molecular weight excluding hydrogens is 284 g/mol. The molecule has 0 aliphatic carbocycles. The highest BCUT2D eigenvalue weighted by molar-refractivity contribution is 5.89. The minimum atomic E-state index is -0.213. The Morgan fingerprint density at radius 2 is 2.14 bits per heavy atom. The number of carbonyl (C=O) groups excluding carboxylic acids is 2. The molecule has 3 rings (SSSR count). The molecule has 3 heterocycles. The van der Waals surface area contributed by atoms with E-state index in [1.165, 1.54) is 0 Å². The number of rotatable bonds is 3. The first-order chi connectivity index (χ1) is 10.5. The molecule has 0 N–H and O–H groups in total. The molecule has 22 heavy (non-hydrogen) atoms. The summed E-state index contributed by atoms with van der Waals surface area (Å²) in [4.78, 5) is 27.4. The molecule has 7 nitrogen and oxygen atoms in total. The highest BCUT2D eigenvalue weighted by Crippen LogP contribution is 2.22. The second-order valence-corrected chi connectivity index (χ2v) is 6.00. The van der Waals surface area contributed by atoms with Crippen molar-refractivity contribution in [2.24, 2.45) is 5.92 Å². The molecule has 7 heteroatoms. The van der Waals surface area contributed by atoms with Gasteiger partial charge in [-0.3, -0.25) is 9.59 Å². The molecule has 118 valence electrons. The van der Waals surface area contributed by atoms with Crippen LogP contribution in [0.2, 0.25) is 0 Å². The molecule has 2 aliphatic heterocycles. The lowest BCUT2D eigenvalue weighted by Crippen LogP contribution is -2.36. The zero-order valence-corrected chi connectivity index (χ0v) is 12.9. The van der Waals surface area contributed by atoms with Crippen LogP contribution in [0.5, 0.6) is 5.88 Å². The fraction of sp³-hybridized carbons (Fsp3) is 0.600. The van der Waals surface area contributed by atoms with Gasteiger partial charge in [0, 0.05) is 39.0 Å². The van der Waals surface area contributed by atoms with Crippen LogP contribution in [0.3, 0.4) is 0 Å². The molecule has 1 aromatic heterocycles. The zero-order valence-electron chi connectivity index (χ0n) is 12.9. The van der Waals surface area contributed by atoms with Crippen LogP contribution in [0.15, 0.2) is 12.1 Å². The van der Waals surface area contributed by atoms with Crippen molar-refractivity contribution in [1.29, 1.82) is 0 Å². The molecule has 0 spiro atoms. The van der Waals surface area contributed by atoms with Crippen molar-refractivity contribution in [3.05, 3.63) is 17.8 Å². The summed E-state index contributed by atoms with van der Waals surface area (Å²) in [6.45, 7) is 3.59. The number of nitrogens with zero attached hydrogens (tertiary/aromatic N) is 4. The predicted molar refractivity (Wildman–Crippen MR) is 78.1 cm³/mol. The van der Waals surface area contributed by atoms with E-state index in [4.69, 9.17) is 4.74 Å². The highest BCUT2D eigenvalue weighted by atomic mass is 16.5. The molecule has 0 unspecified atom stereocenters. The maximum Gasteiger partial charge on any atom is 0.233 e. The lowest BCUT2D eigenvalue weighted by atomic mass is 10.1. The van der Waals surface area contributed by atoms with E-state index in [1.807, 2.05) is 13.0 Å². The van der Waals surface area contributed by atoms with Crippen LogP contribution in [0, 0.1) is 12.8 Å². The van der Waals surface area contributed by atoms with Crippen LogP contribution in [0.25, 0.3) is 0 Å². The van der Waals surface area contributed by atoms with Gasteiger partial charge in [-0.1, -0.05) is 0 Å². The van der Waals surface area contributed by atoms with E-state index in [9.17, 15) is 9.59 Å². The first-order valence-corrected chi connectivity index (χ1v) is 7.52. The fourth-order valence-corrected chi connectivity index (χ4v) is 2.93. The Labute approximate surface area is 129 Å². The molecule has 1 aromatic rings. The van der Waals surface area contributed by atoms with E-state index in [1.54, 1.807) is 22.9 Å². The van der Waals surface area contributed by atoms with E-state index < -0.39 is 0 Å². The van der Waals surface area contributed by atoms with E-state index in [-0.39, 0.29) is 23.8 Å². The molecule has 0 bridgehead atoms. The topological polar surface area (TPSA) is 75.6 Å². The standard InChI is InChI=1S/C15H20N4O3/c1-10-3-4-13(17-16-10)22-12-5-6-19(9-12)15(21)11-7-14(20)18(2)8-11/h3-4,11-12H,5-9H2,1-2H3/t11-,12-/m1/s1. The minimum absolute atomic E-state index is 0.0419. The van der Waals surface area contributed by atoms with Gasteiger partial charge in [0.25, 0.3) is 0 Å². The monoisotopic (exact) mass is 304 g/mol. The number of ether oxygens (including phenoxy) is 1. The summed E-state index contributed by atoms with van der Waals surface area (Å²) < 4.78 is 5.77. The maximum absolute atomic E-state index is 12.4. The molecule has 2 saturated heterocycles. The van der Waals surface area contributed by atoms with Crippen molar-refractivity contribution in [2.75, 3.05) is 26.7 Å². The van der Waals surface area contributed by atoms with E-state index in [0.29, 0.717) is 31.9 Å². The Morgan fingerprint density at radius 3 is 2.77 bits per heavy atom. The van der Waals surface area contributed by atoms with Gasteiger partial charge in [0.05, 0.1) is 18.2 Å². The summed E-state index contributed by atoms with van der Waals surface area (Å²) >= 11 is 0. The summed E-state index contributed by atoms with van der Waals surface area (Å²) in [7, 11) is 1.74. The lowest BCUT2D eigenvalue weighted by molar-refractivity contribution is -0.135. The first-order valence-electron chi connectivity index (χ1n) is 7.52. The van der Waals surface area contributed by atoms with Crippen molar-refractivity contribution in [3.63, 3.8) is 0 Å². The third kappa shape index (κ3) is 3.03. The molecule has 0 radical (unpaired) electrons. The SMILES string of the molecule is Cc1ccc(O[C@@H]2CCN(C(=O)[C@@H]3CC(=O)N(C)C3)C2)nn1. The predicted octanol–water partition coefficient (Wildman–Crippen LogP) is 0.243. The molecule has 0 saturated carbocycles.